The number of hydrogen-bond donors (Lipinski definition) is 2. The second-order valence-corrected chi connectivity index (χ2v) is 7.37. The first-order chi connectivity index (χ1) is 9.69. The van der Waals surface area contributed by atoms with E-state index in [9.17, 15) is 5.11 Å². The highest BCUT2D eigenvalue weighted by Crippen LogP contribution is 2.30. The van der Waals surface area contributed by atoms with E-state index in [0.717, 1.165) is 21.8 Å². The van der Waals surface area contributed by atoms with E-state index in [2.05, 4.69) is 22.6 Å². The summed E-state index contributed by atoms with van der Waals surface area (Å²) in [7, 11) is 0. The van der Waals surface area contributed by atoms with Crippen molar-refractivity contribution in [1.82, 2.24) is 0 Å². The number of aliphatic hydroxyl groups is 1. The Labute approximate surface area is 135 Å². The summed E-state index contributed by atoms with van der Waals surface area (Å²) >= 11 is 2.55. The van der Waals surface area contributed by atoms with E-state index < -0.39 is 6.10 Å². The van der Waals surface area contributed by atoms with E-state index in [0.29, 0.717) is 18.9 Å². The van der Waals surface area contributed by atoms with Crippen molar-refractivity contribution in [3.63, 3.8) is 0 Å². The predicted octanol–water partition coefficient (Wildman–Crippen LogP) is 3.44. The average Bonchev–Trinajstić information content (AvgIpc) is 2.46. The molecule has 1 fully saturated rings. The zero-order valence-corrected chi connectivity index (χ0v) is 14.0. The fourth-order valence-corrected chi connectivity index (χ4v) is 3.89. The van der Waals surface area contributed by atoms with Crippen LogP contribution in [0.1, 0.15) is 43.8 Å². The van der Waals surface area contributed by atoms with Gasteiger partial charge in [-0.1, -0.05) is 41.1 Å². The molecule has 0 aliphatic heterocycles. The summed E-state index contributed by atoms with van der Waals surface area (Å²) < 4.78 is 6.72. The van der Waals surface area contributed by atoms with Gasteiger partial charge in [0.15, 0.2) is 0 Å². The van der Waals surface area contributed by atoms with E-state index in [4.69, 9.17) is 10.5 Å². The van der Waals surface area contributed by atoms with Crippen LogP contribution in [0.15, 0.2) is 24.3 Å². The molecule has 1 aliphatic carbocycles. The van der Waals surface area contributed by atoms with Crippen molar-refractivity contribution >= 4 is 22.6 Å². The van der Waals surface area contributed by atoms with Crippen molar-refractivity contribution in [3.8, 4) is 5.75 Å². The molecule has 20 heavy (non-hydrogen) atoms. The van der Waals surface area contributed by atoms with Crippen LogP contribution in [0.25, 0.3) is 0 Å². The quantitative estimate of drug-likeness (QED) is 0.579. The maximum atomic E-state index is 9.96. The summed E-state index contributed by atoms with van der Waals surface area (Å²) in [5.74, 6) is 1.53. The van der Waals surface area contributed by atoms with Gasteiger partial charge in [-0.15, -0.1) is 0 Å². The number of nitrogens with two attached hydrogens (primary N) is 1. The van der Waals surface area contributed by atoms with Crippen LogP contribution in [0.4, 0.5) is 0 Å². The molecule has 0 aromatic heterocycles. The third-order valence-electron chi connectivity index (χ3n) is 3.89. The summed E-state index contributed by atoms with van der Waals surface area (Å²) in [6.07, 6.45) is 5.29. The standard InChI is InChI=1S/C16H24INO2/c17-14-5-1-3-12(9-14)11-20-15-6-2-4-13(10-15)16(19)7-8-18/h2,4,6,10,12,14,16,19H,1,3,5,7-9,11,18H2/t12-,14-,16+/m0/s1. The lowest BCUT2D eigenvalue weighted by molar-refractivity contribution is 0.169. The maximum Gasteiger partial charge on any atom is 0.119 e. The number of hydrogen-bond acceptors (Lipinski definition) is 3. The molecule has 1 aliphatic rings. The van der Waals surface area contributed by atoms with Crippen LogP contribution in [0.5, 0.6) is 5.75 Å². The number of rotatable bonds is 6. The molecule has 0 amide bonds. The number of aliphatic hydroxyl groups excluding tert-OH is 1. The van der Waals surface area contributed by atoms with Gasteiger partial charge in [0, 0.05) is 3.92 Å². The molecule has 3 N–H and O–H groups in total. The second-order valence-electron chi connectivity index (χ2n) is 5.61. The van der Waals surface area contributed by atoms with Gasteiger partial charge in [0.05, 0.1) is 12.7 Å². The molecule has 3 atom stereocenters. The molecular weight excluding hydrogens is 365 g/mol. The van der Waals surface area contributed by atoms with Gasteiger partial charge in [0.1, 0.15) is 5.75 Å². The van der Waals surface area contributed by atoms with E-state index in [1.54, 1.807) is 0 Å². The maximum absolute atomic E-state index is 9.96. The first-order valence-electron chi connectivity index (χ1n) is 7.44. The molecule has 0 unspecified atom stereocenters. The Hall–Kier alpha value is -0.330. The fourth-order valence-electron chi connectivity index (χ4n) is 2.73. The number of alkyl halides is 1. The van der Waals surface area contributed by atoms with Crippen LogP contribution in [0.2, 0.25) is 0 Å². The van der Waals surface area contributed by atoms with E-state index in [1.807, 2.05) is 24.3 Å². The van der Waals surface area contributed by atoms with Gasteiger partial charge in [-0.25, -0.2) is 0 Å². The first kappa shape index (κ1) is 16.0. The Morgan fingerprint density at radius 1 is 1.40 bits per heavy atom. The van der Waals surface area contributed by atoms with Crippen LogP contribution in [-0.4, -0.2) is 22.2 Å². The lowest BCUT2D eigenvalue weighted by Gasteiger charge is -2.25. The van der Waals surface area contributed by atoms with Crippen molar-refractivity contribution in [2.75, 3.05) is 13.2 Å². The Morgan fingerprint density at radius 3 is 3.00 bits per heavy atom. The second kappa shape index (κ2) is 8.20. The molecule has 112 valence electrons. The number of benzene rings is 1. The molecule has 3 nitrogen and oxygen atoms in total. The minimum atomic E-state index is -0.489. The summed E-state index contributed by atoms with van der Waals surface area (Å²) in [4.78, 5) is 0. The lowest BCUT2D eigenvalue weighted by Crippen LogP contribution is -2.21. The Bertz CT molecular complexity index is 413. The summed E-state index contributed by atoms with van der Waals surface area (Å²) in [6.45, 7) is 1.28. The molecule has 2 rings (SSSR count). The van der Waals surface area contributed by atoms with Gasteiger partial charge in [-0.05, 0) is 55.8 Å². The zero-order chi connectivity index (χ0) is 14.4. The monoisotopic (exact) mass is 389 g/mol. The number of ether oxygens (including phenoxy) is 1. The molecule has 1 saturated carbocycles. The van der Waals surface area contributed by atoms with Crippen LogP contribution < -0.4 is 10.5 Å². The molecular formula is C16H24INO2. The molecule has 4 heteroatoms. The van der Waals surface area contributed by atoms with Crippen LogP contribution in [0, 0.1) is 5.92 Å². The lowest BCUT2D eigenvalue weighted by atomic mass is 9.90. The fraction of sp³-hybridized carbons (Fsp3) is 0.625. The molecule has 1 aromatic carbocycles. The zero-order valence-electron chi connectivity index (χ0n) is 11.8. The van der Waals surface area contributed by atoms with Gasteiger partial charge < -0.3 is 15.6 Å². The summed E-state index contributed by atoms with van der Waals surface area (Å²) in [5.41, 5.74) is 6.37. The minimum Gasteiger partial charge on any atom is -0.493 e. The van der Waals surface area contributed by atoms with Crippen LogP contribution in [0.3, 0.4) is 0 Å². The Kier molecular flexibility index (Phi) is 6.58. The van der Waals surface area contributed by atoms with Gasteiger partial charge in [-0.2, -0.15) is 0 Å². The number of halogens is 1. The van der Waals surface area contributed by atoms with Crippen molar-refractivity contribution in [1.29, 1.82) is 0 Å². The highest BCUT2D eigenvalue weighted by atomic mass is 127. The highest BCUT2D eigenvalue weighted by Gasteiger charge is 2.20. The third kappa shape index (κ3) is 4.90. The first-order valence-corrected chi connectivity index (χ1v) is 8.68. The third-order valence-corrected chi connectivity index (χ3v) is 5.02. The smallest absolute Gasteiger partial charge is 0.119 e. The minimum absolute atomic E-state index is 0.489. The van der Waals surface area contributed by atoms with Gasteiger partial charge in [0.2, 0.25) is 0 Å². The molecule has 0 bridgehead atoms. The Balaban J connectivity index is 1.87. The van der Waals surface area contributed by atoms with Gasteiger partial charge >= 0.3 is 0 Å². The normalized spacial score (nSPS) is 24.4. The molecule has 0 spiro atoms. The van der Waals surface area contributed by atoms with E-state index >= 15 is 0 Å². The Morgan fingerprint density at radius 2 is 2.25 bits per heavy atom. The average molecular weight is 389 g/mol. The summed E-state index contributed by atoms with van der Waals surface area (Å²) in [5, 5.41) is 9.96. The molecule has 0 radical (unpaired) electrons. The van der Waals surface area contributed by atoms with Crippen LogP contribution in [-0.2, 0) is 0 Å². The van der Waals surface area contributed by atoms with Crippen molar-refractivity contribution in [2.45, 2.75) is 42.1 Å². The summed E-state index contributed by atoms with van der Waals surface area (Å²) in [6, 6.07) is 7.76. The van der Waals surface area contributed by atoms with E-state index in [-0.39, 0.29) is 0 Å². The topological polar surface area (TPSA) is 55.5 Å². The largest absolute Gasteiger partial charge is 0.493 e. The van der Waals surface area contributed by atoms with Gasteiger partial charge in [-0.3, -0.25) is 0 Å². The predicted molar refractivity (Wildman–Crippen MR) is 90.3 cm³/mol. The van der Waals surface area contributed by atoms with Crippen LogP contribution >= 0.6 is 22.6 Å². The molecule has 0 saturated heterocycles. The molecule has 1 aromatic rings. The highest BCUT2D eigenvalue weighted by molar-refractivity contribution is 14.1. The van der Waals surface area contributed by atoms with Gasteiger partial charge in [0.25, 0.3) is 0 Å². The SMILES string of the molecule is NCC[C@@H](O)c1cccc(OC[C@H]2CCC[C@H](I)C2)c1. The van der Waals surface area contributed by atoms with Crippen molar-refractivity contribution in [2.24, 2.45) is 11.7 Å². The van der Waals surface area contributed by atoms with Crippen molar-refractivity contribution in [3.05, 3.63) is 29.8 Å². The molecule has 0 heterocycles. The van der Waals surface area contributed by atoms with Crippen molar-refractivity contribution < 1.29 is 9.84 Å². The van der Waals surface area contributed by atoms with E-state index in [1.165, 1.54) is 25.7 Å².